The van der Waals surface area contributed by atoms with E-state index in [2.05, 4.69) is 17.4 Å². The summed E-state index contributed by atoms with van der Waals surface area (Å²) in [5.74, 6) is -0.515. The zero-order chi connectivity index (χ0) is 26.9. The van der Waals surface area contributed by atoms with E-state index in [1.165, 1.54) is 47.7 Å². The van der Waals surface area contributed by atoms with Crippen molar-refractivity contribution < 1.29 is 23.8 Å². The van der Waals surface area contributed by atoms with E-state index >= 15 is 0 Å². The number of esters is 1. The second kappa shape index (κ2) is 16.6. The van der Waals surface area contributed by atoms with Gasteiger partial charge in [0, 0.05) is 18.9 Å². The molecule has 1 amide bonds. The molecule has 1 aromatic heterocycles. The van der Waals surface area contributed by atoms with Crippen molar-refractivity contribution in [2.45, 2.75) is 90.9 Å². The molecule has 8 nitrogen and oxygen atoms in total. The molecule has 0 aliphatic carbocycles. The van der Waals surface area contributed by atoms with Gasteiger partial charge in [0.25, 0.3) is 5.56 Å². The molecule has 0 fully saturated rings. The average molecular weight is 515 g/mol. The Balaban J connectivity index is 1.56. The first-order chi connectivity index (χ1) is 17.8. The van der Waals surface area contributed by atoms with Gasteiger partial charge >= 0.3 is 12.1 Å². The van der Waals surface area contributed by atoms with Crippen molar-refractivity contribution in [3.63, 3.8) is 0 Å². The van der Waals surface area contributed by atoms with Crippen LogP contribution in [0.2, 0.25) is 0 Å². The van der Waals surface area contributed by atoms with Gasteiger partial charge in [0.2, 0.25) is 0 Å². The maximum absolute atomic E-state index is 12.4. The van der Waals surface area contributed by atoms with E-state index in [9.17, 15) is 14.4 Å². The number of hydrogen-bond donors (Lipinski definition) is 1. The first-order valence-electron chi connectivity index (χ1n) is 13.3. The van der Waals surface area contributed by atoms with Crippen LogP contribution in [0.1, 0.15) is 77.7 Å². The number of rotatable bonds is 17. The average Bonchev–Trinajstić information content (AvgIpc) is 2.85. The SMILES string of the molecule is CCOC(=O)Cn1cc(NC(=O)OC(C)(C)CCCCCCCCCOCc2ccccc2)ccc1=O. The van der Waals surface area contributed by atoms with Gasteiger partial charge in [-0.1, -0.05) is 62.4 Å². The number of hydrogen-bond acceptors (Lipinski definition) is 6. The standard InChI is InChI=1S/C29H42N2O6/c1-4-36-27(33)22-31-21-25(17-18-26(31)32)30-28(34)37-29(2,3)19-13-8-6-5-7-9-14-20-35-23-24-15-11-10-12-16-24/h10-12,15-18,21H,4-9,13-14,19-20,22-23H2,1-3H3,(H,30,34). The zero-order valence-corrected chi connectivity index (χ0v) is 22.5. The van der Waals surface area contributed by atoms with Crippen LogP contribution in [-0.2, 0) is 32.2 Å². The van der Waals surface area contributed by atoms with E-state index in [1.807, 2.05) is 32.0 Å². The van der Waals surface area contributed by atoms with Crippen molar-refractivity contribution in [3.05, 3.63) is 64.6 Å². The van der Waals surface area contributed by atoms with Crippen LogP contribution >= 0.6 is 0 Å². The summed E-state index contributed by atoms with van der Waals surface area (Å²) < 4.78 is 17.4. The highest BCUT2D eigenvalue weighted by Gasteiger charge is 2.22. The van der Waals surface area contributed by atoms with Gasteiger partial charge in [0.15, 0.2) is 0 Å². The third-order valence-corrected chi connectivity index (χ3v) is 5.88. The Bertz CT molecular complexity index is 1000. The summed E-state index contributed by atoms with van der Waals surface area (Å²) >= 11 is 0. The molecule has 1 aromatic carbocycles. The number of aromatic nitrogens is 1. The Labute approximate surface area is 220 Å². The molecule has 0 spiro atoms. The fourth-order valence-corrected chi connectivity index (χ4v) is 3.92. The van der Waals surface area contributed by atoms with E-state index in [4.69, 9.17) is 14.2 Å². The Hall–Kier alpha value is -3.13. The molecule has 8 heteroatoms. The largest absolute Gasteiger partial charge is 0.465 e. The molecular weight excluding hydrogens is 472 g/mol. The summed E-state index contributed by atoms with van der Waals surface area (Å²) in [6, 6.07) is 13.0. The number of pyridine rings is 1. The number of carbonyl (C=O) groups excluding carboxylic acids is 2. The molecule has 0 aliphatic rings. The van der Waals surface area contributed by atoms with Gasteiger partial charge in [-0.2, -0.15) is 0 Å². The van der Waals surface area contributed by atoms with E-state index in [0.29, 0.717) is 12.3 Å². The number of nitrogens with zero attached hydrogens (tertiary/aromatic N) is 1. The number of anilines is 1. The molecule has 0 radical (unpaired) electrons. The van der Waals surface area contributed by atoms with Crippen molar-refractivity contribution >= 4 is 17.7 Å². The Kier molecular flexibility index (Phi) is 13.5. The van der Waals surface area contributed by atoms with Crippen LogP contribution in [0, 0.1) is 0 Å². The monoisotopic (exact) mass is 514 g/mol. The normalized spacial score (nSPS) is 11.2. The van der Waals surface area contributed by atoms with E-state index in [1.54, 1.807) is 6.92 Å². The number of benzene rings is 1. The molecule has 2 aromatic rings. The molecular formula is C29H42N2O6. The van der Waals surface area contributed by atoms with Crippen LogP contribution in [-0.4, -0.2) is 35.4 Å². The van der Waals surface area contributed by atoms with Gasteiger partial charge in [-0.05, 0) is 51.7 Å². The maximum Gasteiger partial charge on any atom is 0.412 e. The highest BCUT2D eigenvalue weighted by atomic mass is 16.6. The molecule has 204 valence electrons. The van der Waals surface area contributed by atoms with E-state index < -0.39 is 17.7 Å². The molecule has 2 rings (SSSR count). The molecule has 0 aliphatic heterocycles. The fourth-order valence-electron chi connectivity index (χ4n) is 3.92. The molecule has 1 heterocycles. The van der Waals surface area contributed by atoms with Crippen LogP contribution < -0.4 is 10.9 Å². The summed E-state index contributed by atoms with van der Waals surface area (Å²) in [4.78, 5) is 36.0. The number of nitrogens with one attached hydrogen (secondary N) is 1. The van der Waals surface area contributed by atoms with Crippen LogP contribution in [0.25, 0.3) is 0 Å². The zero-order valence-electron chi connectivity index (χ0n) is 22.5. The minimum absolute atomic E-state index is 0.217. The first-order valence-corrected chi connectivity index (χ1v) is 13.3. The summed E-state index contributed by atoms with van der Waals surface area (Å²) in [5, 5.41) is 2.64. The lowest BCUT2D eigenvalue weighted by atomic mass is 9.99. The number of amides is 1. The molecule has 0 saturated carbocycles. The second-order valence-corrected chi connectivity index (χ2v) is 9.73. The smallest absolute Gasteiger partial charge is 0.412 e. The Morgan fingerprint density at radius 3 is 2.30 bits per heavy atom. The lowest BCUT2D eigenvalue weighted by Crippen LogP contribution is -2.31. The van der Waals surface area contributed by atoms with E-state index in [-0.39, 0.29) is 18.7 Å². The van der Waals surface area contributed by atoms with Gasteiger partial charge in [-0.15, -0.1) is 0 Å². The predicted octanol–water partition coefficient (Wildman–Crippen LogP) is 6.08. The molecule has 0 atom stereocenters. The Morgan fingerprint density at radius 2 is 1.59 bits per heavy atom. The first kappa shape index (κ1) is 30.1. The third-order valence-electron chi connectivity index (χ3n) is 5.88. The lowest BCUT2D eigenvalue weighted by Gasteiger charge is -2.25. The fraction of sp³-hybridized carbons (Fsp3) is 0.552. The van der Waals surface area contributed by atoms with Gasteiger partial charge in [-0.25, -0.2) is 4.79 Å². The van der Waals surface area contributed by atoms with Crippen LogP contribution in [0.5, 0.6) is 0 Å². The molecule has 37 heavy (non-hydrogen) atoms. The number of unbranched alkanes of at least 4 members (excludes halogenated alkanes) is 6. The number of ether oxygens (including phenoxy) is 3. The lowest BCUT2D eigenvalue weighted by molar-refractivity contribution is -0.143. The summed E-state index contributed by atoms with van der Waals surface area (Å²) in [7, 11) is 0. The highest BCUT2D eigenvalue weighted by Crippen LogP contribution is 2.20. The van der Waals surface area contributed by atoms with Gasteiger partial charge in [0.1, 0.15) is 12.1 Å². The molecule has 0 saturated heterocycles. The van der Waals surface area contributed by atoms with Crippen LogP contribution in [0.15, 0.2) is 53.5 Å². The number of carbonyl (C=O) groups is 2. The van der Waals surface area contributed by atoms with Crippen molar-refractivity contribution in [1.29, 1.82) is 0 Å². The topological polar surface area (TPSA) is 95.9 Å². The Morgan fingerprint density at radius 1 is 0.919 bits per heavy atom. The third kappa shape index (κ3) is 13.1. The van der Waals surface area contributed by atoms with Crippen molar-refractivity contribution in [1.82, 2.24) is 4.57 Å². The van der Waals surface area contributed by atoms with Gasteiger partial charge in [-0.3, -0.25) is 14.9 Å². The van der Waals surface area contributed by atoms with Gasteiger partial charge < -0.3 is 18.8 Å². The van der Waals surface area contributed by atoms with Gasteiger partial charge in [0.05, 0.1) is 18.9 Å². The quantitative estimate of drug-likeness (QED) is 0.203. The summed E-state index contributed by atoms with van der Waals surface area (Å²) in [6.45, 7) is 6.98. The van der Waals surface area contributed by atoms with E-state index in [0.717, 1.165) is 38.7 Å². The van der Waals surface area contributed by atoms with Crippen LogP contribution in [0.4, 0.5) is 10.5 Å². The van der Waals surface area contributed by atoms with Crippen LogP contribution in [0.3, 0.4) is 0 Å². The molecule has 0 bridgehead atoms. The summed E-state index contributed by atoms with van der Waals surface area (Å²) in [6.07, 6.45) is 9.47. The second-order valence-electron chi connectivity index (χ2n) is 9.73. The highest BCUT2D eigenvalue weighted by molar-refractivity contribution is 5.84. The maximum atomic E-state index is 12.4. The molecule has 0 unspecified atom stereocenters. The molecule has 1 N–H and O–H groups in total. The summed E-state index contributed by atoms with van der Waals surface area (Å²) in [5.41, 5.74) is 0.613. The van der Waals surface area contributed by atoms with Crippen molar-refractivity contribution in [3.8, 4) is 0 Å². The van der Waals surface area contributed by atoms with Crippen molar-refractivity contribution in [2.75, 3.05) is 18.5 Å². The minimum atomic E-state index is -0.612. The predicted molar refractivity (Wildman–Crippen MR) is 145 cm³/mol. The minimum Gasteiger partial charge on any atom is -0.465 e. The van der Waals surface area contributed by atoms with Crippen molar-refractivity contribution in [2.24, 2.45) is 0 Å².